The summed E-state index contributed by atoms with van der Waals surface area (Å²) in [7, 11) is 1.28. The maximum absolute atomic E-state index is 12.3. The summed E-state index contributed by atoms with van der Waals surface area (Å²) < 4.78 is 4.70. The Balaban J connectivity index is 2.45. The summed E-state index contributed by atoms with van der Waals surface area (Å²) in [6.07, 6.45) is 1.40. The Morgan fingerprint density at radius 3 is 2.32 bits per heavy atom. The van der Waals surface area contributed by atoms with Crippen molar-refractivity contribution in [1.82, 2.24) is 0 Å². The summed E-state index contributed by atoms with van der Waals surface area (Å²) in [5.74, 6) is -0.904. The third-order valence-corrected chi connectivity index (χ3v) is 3.07. The molecular weight excluding hydrogens is 278 g/mol. The van der Waals surface area contributed by atoms with Gasteiger partial charge in [0, 0.05) is 5.56 Å². The molecule has 4 heteroatoms. The lowest BCUT2D eigenvalue weighted by Gasteiger charge is -2.04. The van der Waals surface area contributed by atoms with Crippen LogP contribution in [-0.4, -0.2) is 18.9 Å². The van der Waals surface area contributed by atoms with E-state index in [-0.39, 0.29) is 11.4 Å². The fourth-order valence-corrected chi connectivity index (χ4v) is 1.97. The summed E-state index contributed by atoms with van der Waals surface area (Å²) >= 11 is 0. The molecule has 0 saturated carbocycles. The number of hydrogen-bond donors (Lipinski definition) is 0. The summed E-state index contributed by atoms with van der Waals surface area (Å²) in [4.78, 5) is 24.0. The van der Waals surface area contributed by atoms with Gasteiger partial charge < -0.3 is 4.74 Å². The Kier molecular flexibility index (Phi) is 4.84. The van der Waals surface area contributed by atoms with Gasteiger partial charge in [0.1, 0.15) is 11.6 Å². The molecule has 0 aliphatic heterocycles. The van der Waals surface area contributed by atoms with Crippen molar-refractivity contribution in [2.75, 3.05) is 7.11 Å². The van der Waals surface area contributed by atoms with Gasteiger partial charge in [-0.15, -0.1) is 0 Å². The molecule has 2 aromatic carbocycles. The van der Waals surface area contributed by atoms with Gasteiger partial charge in [-0.2, -0.15) is 5.26 Å². The first kappa shape index (κ1) is 15.2. The van der Waals surface area contributed by atoms with Gasteiger partial charge in [-0.3, -0.25) is 4.79 Å². The van der Waals surface area contributed by atoms with E-state index in [1.54, 1.807) is 54.6 Å². The van der Waals surface area contributed by atoms with Crippen LogP contribution in [0.1, 0.15) is 26.3 Å². The van der Waals surface area contributed by atoms with Crippen LogP contribution >= 0.6 is 0 Å². The normalized spacial score (nSPS) is 10.6. The van der Waals surface area contributed by atoms with Crippen molar-refractivity contribution in [2.24, 2.45) is 0 Å². The molecule has 0 saturated heterocycles. The second kappa shape index (κ2) is 7.00. The Morgan fingerprint density at radius 2 is 1.68 bits per heavy atom. The average molecular weight is 291 g/mol. The standard InChI is InChI=1S/C18H13NO3/c1-22-18(21)16-10-6-5-9-14(16)11-15(12-19)17(20)13-7-3-2-4-8-13/h2-11H,1H3/b15-11+. The first-order chi connectivity index (χ1) is 10.7. The lowest BCUT2D eigenvalue weighted by atomic mass is 9.99. The van der Waals surface area contributed by atoms with Gasteiger partial charge in [-0.25, -0.2) is 4.79 Å². The van der Waals surface area contributed by atoms with Crippen LogP contribution in [0.25, 0.3) is 6.08 Å². The van der Waals surface area contributed by atoms with Gasteiger partial charge in [0.2, 0.25) is 5.78 Å². The van der Waals surface area contributed by atoms with Crippen LogP contribution in [0.4, 0.5) is 0 Å². The number of nitrogens with zero attached hydrogens (tertiary/aromatic N) is 1. The fraction of sp³-hybridized carbons (Fsp3) is 0.0556. The number of ketones is 1. The van der Waals surface area contributed by atoms with Crippen molar-refractivity contribution < 1.29 is 14.3 Å². The van der Waals surface area contributed by atoms with Gasteiger partial charge in [0.15, 0.2) is 0 Å². The summed E-state index contributed by atoms with van der Waals surface area (Å²) in [5.41, 5.74) is 1.15. The summed E-state index contributed by atoms with van der Waals surface area (Å²) in [5, 5.41) is 9.25. The number of carbonyl (C=O) groups excluding carboxylic acids is 2. The van der Waals surface area contributed by atoms with Crippen LogP contribution in [0, 0.1) is 11.3 Å². The number of Topliss-reactive ketones (excluding diaryl/α,β-unsaturated/α-hetero) is 1. The highest BCUT2D eigenvalue weighted by molar-refractivity contribution is 6.14. The van der Waals surface area contributed by atoms with Gasteiger partial charge in [-0.05, 0) is 17.7 Å². The molecule has 0 aromatic heterocycles. The van der Waals surface area contributed by atoms with Crippen molar-refractivity contribution >= 4 is 17.8 Å². The summed E-state index contributed by atoms with van der Waals surface area (Å²) in [6, 6.07) is 17.1. The molecule has 2 aromatic rings. The van der Waals surface area contributed by atoms with E-state index in [2.05, 4.69) is 0 Å². The number of rotatable bonds is 4. The number of nitriles is 1. The van der Waals surface area contributed by atoms with E-state index in [4.69, 9.17) is 4.74 Å². The van der Waals surface area contributed by atoms with Crippen molar-refractivity contribution in [3.63, 3.8) is 0 Å². The lowest BCUT2D eigenvalue weighted by Crippen LogP contribution is -2.05. The Bertz CT molecular complexity index is 770. The molecule has 0 radical (unpaired) electrons. The zero-order valence-electron chi connectivity index (χ0n) is 11.9. The number of hydrogen-bond acceptors (Lipinski definition) is 4. The van der Waals surface area contributed by atoms with Crippen LogP contribution < -0.4 is 0 Å². The summed E-state index contributed by atoms with van der Waals surface area (Å²) in [6.45, 7) is 0. The van der Waals surface area contributed by atoms with E-state index in [0.717, 1.165) is 0 Å². The molecule has 0 spiro atoms. The quantitative estimate of drug-likeness (QED) is 0.375. The molecule has 0 amide bonds. The third kappa shape index (κ3) is 3.28. The monoisotopic (exact) mass is 291 g/mol. The van der Waals surface area contributed by atoms with E-state index < -0.39 is 5.97 Å². The number of allylic oxidation sites excluding steroid dienone is 1. The predicted molar refractivity (Wildman–Crippen MR) is 82.1 cm³/mol. The fourth-order valence-electron chi connectivity index (χ4n) is 1.97. The molecule has 0 aliphatic carbocycles. The highest BCUT2D eigenvalue weighted by Gasteiger charge is 2.14. The number of esters is 1. The van der Waals surface area contributed by atoms with Crippen molar-refractivity contribution in [3.05, 3.63) is 76.9 Å². The van der Waals surface area contributed by atoms with Crippen LogP contribution in [0.3, 0.4) is 0 Å². The van der Waals surface area contributed by atoms with Crippen LogP contribution in [0.5, 0.6) is 0 Å². The highest BCUT2D eigenvalue weighted by Crippen LogP contribution is 2.16. The lowest BCUT2D eigenvalue weighted by molar-refractivity contribution is 0.0600. The maximum atomic E-state index is 12.3. The van der Waals surface area contributed by atoms with Crippen LogP contribution in [0.15, 0.2) is 60.2 Å². The average Bonchev–Trinajstić information content (AvgIpc) is 2.59. The topological polar surface area (TPSA) is 67.2 Å². The second-order valence-electron chi connectivity index (χ2n) is 4.44. The minimum absolute atomic E-state index is 0.0393. The molecule has 0 fully saturated rings. The Labute approximate surface area is 128 Å². The molecule has 0 N–H and O–H groups in total. The third-order valence-electron chi connectivity index (χ3n) is 3.07. The Hall–Kier alpha value is -3.19. The molecule has 108 valence electrons. The number of benzene rings is 2. The molecule has 22 heavy (non-hydrogen) atoms. The van der Waals surface area contributed by atoms with Crippen molar-refractivity contribution in [1.29, 1.82) is 5.26 Å². The van der Waals surface area contributed by atoms with Gasteiger partial charge >= 0.3 is 5.97 Å². The minimum Gasteiger partial charge on any atom is -0.465 e. The van der Waals surface area contributed by atoms with Gasteiger partial charge in [0.25, 0.3) is 0 Å². The van der Waals surface area contributed by atoms with E-state index in [0.29, 0.717) is 16.7 Å². The molecule has 0 atom stereocenters. The number of ether oxygens (including phenoxy) is 1. The van der Waals surface area contributed by atoms with Crippen molar-refractivity contribution in [2.45, 2.75) is 0 Å². The second-order valence-corrected chi connectivity index (χ2v) is 4.44. The first-order valence-electron chi connectivity index (χ1n) is 6.56. The van der Waals surface area contributed by atoms with E-state index in [1.165, 1.54) is 13.2 Å². The largest absolute Gasteiger partial charge is 0.465 e. The molecular formula is C18H13NO3. The first-order valence-corrected chi connectivity index (χ1v) is 6.56. The molecule has 0 unspecified atom stereocenters. The molecule has 0 aliphatic rings. The maximum Gasteiger partial charge on any atom is 0.338 e. The molecule has 4 nitrogen and oxygen atoms in total. The van der Waals surface area contributed by atoms with Gasteiger partial charge in [0.05, 0.1) is 12.7 Å². The van der Waals surface area contributed by atoms with E-state index >= 15 is 0 Å². The van der Waals surface area contributed by atoms with E-state index in [9.17, 15) is 14.9 Å². The van der Waals surface area contributed by atoms with Crippen molar-refractivity contribution in [3.8, 4) is 6.07 Å². The molecule has 0 bridgehead atoms. The van der Waals surface area contributed by atoms with Gasteiger partial charge in [-0.1, -0.05) is 48.5 Å². The van der Waals surface area contributed by atoms with Crippen LogP contribution in [-0.2, 0) is 4.74 Å². The smallest absolute Gasteiger partial charge is 0.338 e. The Morgan fingerprint density at radius 1 is 1.05 bits per heavy atom. The number of methoxy groups -OCH3 is 1. The molecule has 0 heterocycles. The van der Waals surface area contributed by atoms with E-state index in [1.807, 2.05) is 6.07 Å². The SMILES string of the molecule is COC(=O)c1ccccc1/C=C(\C#N)C(=O)c1ccccc1. The zero-order chi connectivity index (χ0) is 15.9. The minimum atomic E-state index is -0.517. The number of carbonyl (C=O) groups is 2. The highest BCUT2D eigenvalue weighted by atomic mass is 16.5. The molecule has 2 rings (SSSR count). The van der Waals surface area contributed by atoms with Crippen LogP contribution in [0.2, 0.25) is 0 Å². The predicted octanol–water partition coefficient (Wildman–Crippen LogP) is 3.26. The zero-order valence-corrected chi connectivity index (χ0v) is 11.9.